The molecule has 4 heterocycles. The lowest BCUT2D eigenvalue weighted by Crippen LogP contribution is -2.52. The van der Waals surface area contributed by atoms with Crippen LogP contribution >= 0.6 is 0 Å². The molecule has 294 valence electrons. The van der Waals surface area contributed by atoms with E-state index in [1.165, 1.54) is 36.1 Å². The van der Waals surface area contributed by atoms with Gasteiger partial charge in [-0.1, -0.05) is 73.7 Å². The minimum absolute atomic E-state index is 0.128. The van der Waals surface area contributed by atoms with Gasteiger partial charge in [-0.15, -0.1) is 0 Å². The van der Waals surface area contributed by atoms with E-state index in [2.05, 4.69) is 81.5 Å². The molecule has 0 spiro atoms. The summed E-state index contributed by atoms with van der Waals surface area (Å²) in [5, 5.41) is 21.8. The fourth-order valence-electron chi connectivity index (χ4n) is 9.17. The third kappa shape index (κ3) is 8.42. The van der Waals surface area contributed by atoms with Gasteiger partial charge in [-0.05, 0) is 114 Å². The second-order valence-corrected chi connectivity index (χ2v) is 15.9. The van der Waals surface area contributed by atoms with Gasteiger partial charge in [0.05, 0.1) is 0 Å². The average molecular weight is 766 g/mol. The molecule has 1 unspecified atom stereocenters. The van der Waals surface area contributed by atoms with Crippen molar-refractivity contribution in [3.63, 3.8) is 0 Å². The highest BCUT2D eigenvalue weighted by molar-refractivity contribution is 6.58. The lowest BCUT2D eigenvalue weighted by atomic mass is 9.79. The van der Waals surface area contributed by atoms with Crippen LogP contribution in [-0.4, -0.2) is 96.5 Å². The Kier molecular flexibility index (Phi) is 11.6. The van der Waals surface area contributed by atoms with E-state index in [0.29, 0.717) is 29.9 Å². The number of allylic oxidation sites excluding steroid dienone is 1. The number of amides is 3. The molecule has 8 rings (SSSR count). The zero-order valence-corrected chi connectivity index (χ0v) is 32.8. The first-order chi connectivity index (χ1) is 27.7. The van der Waals surface area contributed by atoms with Crippen molar-refractivity contribution in [2.75, 3.05) is 55.6 Å². The monoisotopic (exact) mass is 765 g/mol. The van der Waals surface area contributed by atoms with Gasteiger partial charge >= 0.3 is 7.12 Å². The molecule has 3 saturated heterocycles. The van der Waals surface area contributed by atoms with Gasteiger partial charge in [-0.25, -0.2) is 0 Å². The van der Waals surface area contributed by atoms with E-state index in [4.69, 9.17) is 0 Å². The largest absolute Gasteiger partial charge is 0.488 e. The summed E-state index contributed by atoms with van der Waals surface area (Å²) in [5.74, 6) is -0.0595. The number of carbonyl (C=O) groups excluding carboxylic acids is 3. The number of imide groups is 1. The smallest absolute Gasteiger partial charge is 0.423 e. The Labute approximate surface area is 335 Å². The van der Waals surface area contributed by atoms with Crippen LogP contribution in [0.1, 0.15) is 78.1 Å². The Hall–Kier alpha value is -5.23. The number of hydrogen-bond acceptors (Lipinski definition) is 8. The third-order valence-corrected chi connectivity index (χ3v) is 12.5. The van der Waals surface area contributed by atoms with Crippen molar-refractivity contribution < 1.29 is 24.4 Å². The lowest BCUT2D eigenvalue weighted by molar-refractivity contribution is -0.136. The summed E-state index contributed by atoms with van der Waals surface area (Å²) in [4.78, 5) is 46.4. The average Bonchev–Trinajstić information content (AvgIpc) is 3.57. The molecule has 10 nitrogen and oxygen atoms in total. The number of nitrogens with one attached hydrogen (secondary N) is 1. The summed E-state index contributed by atoms with van der Waals surface area (Å²) >= 11 is 0. The summed E-state index contributed by atoms with van der Waals surface area (Å²) in [6.45, 7) is 9.72. The van der Waals surface area contributed by atoms with Crippen LogP contribution in [0, 0.1) is 5.92 Å². The molecule has 0 aromatic heterocycles. The first-order valence-electron chi connectivity index (χ1n) is 20.6. The Morgan fingerprint density at radius 2 is 1.39 bits per heavy atom. The van der Waals surface area contributed by atoms with Gasteiger partial charge in [-0.2, -0.15) is 0 Å². The Balaban J connectivity index is 0.831. The van der Waals surface area contributed by atoms with E-state index in [1.54, 1.807) is 17.0 Å². The standard InChI is InChI=1S/C46H52BN5O5/c1-2-40(33-6-4-3-5-7-33)44(34-8-12-37(13-9-34)47(56)57)35-10-14-38(15-11-35)50-24-21-32(22-25-50)20-23-49-26-28-51(29-27-49)39-16-17-41-36(30-39)31-52(46(41)55)42-18-19-43(53)48-45(42)54/h3-17,30,32,42,56-57H,2,18-29,31H2,1H3,(H,48,53,54)/b44-40-. The van der Waals surface area contributed by atoms with E-state index in [0.717, 1.165) is 80.2 Å². The van der Waals surface area contributed by atoms with Gasteiger partial charge in [-0.3, -0.25) is 24.6 Å². The number of nitrogens with zero attached hydrogens (tertiary/aromatic N) is 4. The molecule has 0 aliphatic carbocycles. The van der Waals surface area contributed by atoms with Crippen LogP contribution in [0.3, 0.4) is 0 Å². The highest BCUT2D eigenvalue weighted by atomic mass is 16.4. The maximum atomic E-state index is 13.1. The Morgan fingerprint density at radius 1 is 0.737 bits per heavy atom. The molecule has 3 amide bonds. The molecular formula is C46H52BN5O5. The van der Waals surface area contributed by atoms with Crippen molar-refractivity contribution in [3.8, 4) is 0 Å². The van der Waals surface area contributed by atoms with Crippen LogP contribution in [0.5, 0.6) is 0 Å². The highest BCUT2D eigenvalue weighted by Gasteiger charge is 2.39. The summed E-state index contributed by atoms with van der Waals surface area (Å²) in [5.41, 5.74) is 10.3. The van der Waals surface area contributed by atoms with Gasteiger partial charge in [0.2, 0.25) is 11.8 Å². The van der Waals surface area contributed by atoms with Crippen molar-refractivity contribution >= 4 is 52.8 Å². The second kappa shape index (κ2) is 17.1. The second-order valence-electron chi connectivity index (χ2n) is 15.9. The zero-order valence-electron chi connectivity index (χ0n) is 32.8. The Bertz CT molecular complexity index is 2110. The van der Waals surface area contributed by atoms with E-state index in [-0.39, 0.29) is 24.1 Å². The van der Waals surface area contributed by atoms with Crippen molar-refractivity contribution in [1.29, 1.82) is 0 Å². The fourth-order valence-corrected chi connectivity index (χ4v) is 9.17. The van der Waals surface area contributed by atoms with E-state index in [1.807, 2.05) is 30.3 Å². The molecular weight excluding hydrogens is 713 g/mol. The number of benzene rings is 4. The van der Waals surface area contributed by atoms with Crippen molar-refractivity contribution in [3.05, 3.63) is 125 Å². The summed E-state index contributed by atoms with van der Waals surface area (Å²) in [6.07, 6.45) is 5.08. The predicted molar refractivity (Wildman–Crippen MR) is 226 cm³/mol. The lowest BCUT2D eigenvalue weighted by Gasteiger charge is -2.38. The number of hydrogen-bond donors (Lipinski definition) is 3. The number of piperidine rings is 2. The molecule has 0 radical (unpaired) electrons. The summed E-state index contributed by atoms with van der Waals surface area (Å²) in [7, 11) is -1.49. The predicted octanol–water partition coefficient (Wildman–Crippen LogP) is 4.93. The normalized spacial score (nSPS) is 19.7. The van der Waals surface area contributed by atoms with Crippen molar-refractivity contribution in [2.45, 2.75) is 58.0 Å². The maximum Gasteiger partial charge on any atom is 0.488 e. The van der Waals surface area contributed by atoms with Crippen LogP contribution < -0.4 is 20.6 Å². The van der Waals surface area contributed by atoms with Crippen molar-refractivity contribution in [2.24, 2.45) is 5.92 Å². The first kappa shape index (κ1) is 38.6. The fraction of sp³-hybridized carbons (Fsp3) is 0.370. The highest BCUT2D eigenvalue weighted by Crippen LogP contribution is 2.36. The third-order valence-electron chi connectivity index (χ3n) is 12.5. The molecule has 4 aromatic rings. The van der Waals surface area contributed by atoms with E-state index < -0.39 is 13.2 Å². The molecule has 4 aliphatic rings. The minimum Gasteiger partial charge on any atom is -0.423 e. The quantitative estimate of drug-likeness (QED) is 0.112. The molecule has 1 atom stereocenters. The number of carbonyl (C=O) groups is 3. The first-order valence-corrected chi connectivity index (χ1v) is 20.6. The van der Waals surface area contributed by atoms with Crippen LogP contribution in [0.2, 0.25) is 0 Å². The minimum atomic E-state index is -1.49. The molecule has 11 heteroatoms. The zero-order chi connectivity index (χ0) is 39.5. The molecule has 0 saturated carbocycles. The number of fused-ring (bicyclic) bond motifs is 1. The van der Waals surface area contributed by atoms with Crippen molar-refractivity contribution in [1.82, 2.24) is 15.1 Å². The van der Waals surface area contributed by atoms with E-state index >= 15 is 0 Å². The molecule has 57 heavy (non-hydrogen) atoms. The molecule has 4 aromatic carbocycles. The number of anilines is 2. The maximum absolute atomic E-state index is 13.1. The van der Waals surface area contributed by atoms with Gasteiger partial charge in [0.25, 0.3) is 5.91 Å². The molecule has 3 fully saturated rings. The van der Waals surface area contributed by atoms with Crippen LogP contribution in [0.15, 0.2) is 97.1 Å². The van der Waals surface area contributed by atoms with Gasteiger partial charge in [0.15, 0.2) is 0 Å². The van der Waals surface area contributed by atoms with Crippen LogP contribution in [-0.2, 0) is 16.1 Å². The summed E-state index contributed by atoms with van der Waals surface area (Å²) in [6, 6.07) is 32.5. The van der Waals surface area contributed by atoms with Gasteiger partial charge in [0.1, 0.15) is 6.04 Å². The van der Waals surface area contributed by atoms with Gasteiger partial charge in [0, 0.05) is 69.2 Å². The van der Waals surface area contributed by atoms with Crippen LogP contribution in [0.25, 0.3) is 11.1 Å². The van der Waals surface area contributed by atoms with Crippen LogP contribution in [0.4, 0.5) is 11.4 Å². The number of piperazine rings is 1. The molecule has 4 aliphatic heterocycles. The van der Waals surface area contributed by atoms with Gasteiger partial charge < -0.3 is 24.7 Å². The number of rotatable bonds is 11. The van der Waals surface area contributed by atoms with E-state index in [9.17, 15) is 24.4 Å². The Morgan fingerprint density at radius 3 is 2.04 bits per heavy atom. The SMILES string of the molecule is CC/C(=C(\c1ccc(B(O)O)cc1)c1ccc(N2CCC(CCN3CCN(c4ccc5c(c4)CN(C4CCC(=O)NC4=O)C5=O)CC3)CC2)cc1)c1ccccc1. The molecule has 3 N–H and O–H groups in total. The topological polar surface area (TPSA) is 117 Å². The molecule has 0 bridgehead atoms. The summed E-state index contributed by atoms with van der Waals surface area (Å²) < 4.78 is 0.